The Balaban J connectivity index is 1.64. The smallest absolute Gasteiger partial charge is 0.119 e. The fourth-order valence-electron chi connectivity index (χ4n) is 2.95. The molecule has 0 fully saturated rings. The predicted molar refractivity (Wildman–Crippen MR) is 99.6 cm³/mol. The molecule has 0 bridgehead atoms. The second-order valence-electron chi connectivity index (χ2n) is 7.19. The number of fused-ring (bicyclic) bond motifs is 1. The van der Waals surface area contributed by atoms with Crippen LogP contribution >= 0.6 is 0 Å². The third-order valence-corrected chi connectivity index (χ3v) is 4.11. The van der Waals surface area contributed by atoms with Gasteiger partial charge in [-0.15, -0.1) is 0 Å². The number of hydrogen-bond acceptors (Lipinski definition) is 2. The molecule has 0 aliphatic rings. The van der Waals surface area contributed by atoms with Crippen molar-refractivity contribution < 1.29 is 4.74 Å². The van der Waals surface area contributed by atoms with E-state index in [4.69, 9.17) is 9.72 Å². The van der Waals surface area contributed by atoms with Crippen LogP contribution in [0.4, 0.5) is 0 Å². The minimum absolute atomic E-state index is 0.0412. The summed E-state index contributed by atoms with van der Waals surface area (Å²) in [6, 6.07) is 18.4. The summed E-state index contributed by atoms with van der Waals surface area (Å²) in [5.74, 6) is 2.11. The monoisotopic (exact) mass is 322 g/mol. The first-order chi connectivity index (χ1) is 11.6. The van der Waals surface area contributed by atoms with Crippen molar-refractivity contribution in [3.05, 3.63) is 60.4 Å². The molecule has 1 heterocycles. The highest BCUT2D eigenvalue weighted by Crippen LogP contribution is 2.26. The highest BCUT2D eigenvalue weighted by Gasteiger charge is 2.22. The molecular formula is C21H26N2O. The molecule has 0 spiro atoms. The summed E-state index contributed by atoms with van der Waals surface area (Å²) in [6.07, 6.45) is 2.11. The molecule has 0 amide bonds. The van der Waals surface area contributed by atoms with Gasteiger partial charge in [0.2, 0.25) is 0 Å². The number of unbranched alkanes of at least 4 members (excludes halogenated alkanes) is 1. The number of hydrogen-bond donors (Lipinski definition) is 0. The zero-order valence-corrected chi connectivity index (χ0v) is 14.8. The zero-order valence-electron chi connectivity index (χ0n) is 14.8. The number of aromatic nitrogens is 2. The van der Waals surface area contributed by atoms with Crippen molar-refractivity contribution in [3.63, 3.8) is 0 Å². The van der Waals surface area contributed by atoms with Crippen LogP contribution in [0.25, 0.3) is 11.0 Å². The molecule has 0 saturated heterocycles. The highest BCUT2D eigenvalue weighted by atomic mass is 16.5. The lowest BCUT2D eigenvalue weighted by atomic mass is 9.95. The van der Waals surface area contributed by atoms with Crippen molar-refractivity contribution in [1.29, 1.82) is 0 Å². The molecule has 3 nitrogen and oxygen atoms in total. The topological polar surface area (TPSA) is 27.1 Å². The molecule has 0 radical (unpaired) electrons. The average Bonchev–Trinajstić information content (AvgIpc) is 2.95. The largest absolute Gasteiger partial charge is 0.494 e. The molecule has 2 aromatic carbocycles. The molecule has 126 valence electrons. The lowest BCUT2D eigenvalue weighted by molar-refractivity contribution is 0.302. The van der Waals surface area contributed by atoms with Crippen molar-refractivity contribution in [2.45, 2.75) is 45.6 Å². The van der Waals surface area contributed by atoms with Gasteiger partial charge in [-0.2, -0.15) is 0 Å². The average molecular weight is 322 g/mol. The standard InChI is InChI=1S/C21H26N2O/c1-21(2,3)20-22-18-13-7-8-14-19(18)23(20)15-9-10-16-24-17-11-5-4-6-12-17/h4-8,11-14H,9-10,15-16H2,1-3H3. The molecule has 0 saturated carbocycles. The van der Waals surface area contributed by atoms with Crippen molar-refractivity contribution in [1.82, 2.24) is 9.55 Å². The SMILES string of the molecule is CC(C)(C)c1nc2ccccc2n1CCCCOc1ccccc1. The van der Waals surface area contributed by atoms with Gasteiger partial charge in [0.1, 0.15) is 11.6 Å². The van der Waals surface area contributed by atoms with Crippen molar-refractivity contribution >= 4 is 11.0 Å². The number of ether oxygens (including phenoxy) is 1. The van der Waals surface area contributed by atoms with E-state index in [0.29, 0.717) is 0 Å². The van der Waals surface area contributed by atoms with E-state index in [1.165, 1.54) is 5.52 Å². The molecule has 24 heavy (non-hydrogen) atoms. The Kier molecular flexibility index (Phi) is 4.89. The van der Waals surface area contributed by atoms with Gasteiger partial charge in [0.05, 0.1) is 17.6 Å². The molecule has 0 aliphatic carbocycles. The molecule has 0 aliphatic heterocycles. The van der Waals surface area contributed by atoms with Crippen LogP contribution in [0.2, 0.25) is 0 Å². The van der Waals surface area contributed by atoms with Crippen molar-refractivity contribution in [2.24, 2.45) is 0 Å². The molecule has 0 N–H and O–H groups in total. The van der Waals surface area contributed by atoms with Crippen molar-refractivity contribution in [3.8, 4) is 5.75 Å². The first kappa shape index (κ1) is 16.6. The zero-order chi connectivity index (χ0) is 17.0. The van der Waals surface area contributed by atoms with Gasteiger partial charge in [-0.1, -0.05) is 51.1 Å². The van der Waals surface area contributed by atoms with E-state index < -0.39 is 0 Å². The minimum Gasteiger partial charge on any atom is -0.494 e. The van der Waals surface area contributed by atoms with E-state index in [9.17, 15) is 0 Å². The number of rotatable bonds is 6. The van der Waals surface area contributed by atoms with Gasteiger partial charge in [-0.3, -0.25) is 0 Å². The fourth-order valence-corrected chi connectivity index (χ4v) is 2.95. The Morgan fingerprint density at radius 1 is 0.917 bits per heavy atom. The van der Waals surface area contributed by atoms with Gasteiger partial charge in [0.15, 0.2) is 0 Å². The van der Waals surface area contributed by atoms with Crippen LogP contribution in [-0.4, -0.2) is 16.2 Å². The maximum Gasteiger partial charge on any atom is 0.119 e. The van der Waals surface area contributed by atoms with E-state index in [1.807, 2.05) is 30.3 Å². The van der Waals surface area contributed by atoms with Gasteiger partial charge in [0.25, 0.3) is 0 Å². The predicted octanol–water partition coefficient (Wildman–Crippen LogP) is 5.19. The summed E-state index contributed by atoms with van der Waals surface area (Å²) in [5.41, 5.74) is 2.36. The second-order valence-corrected chi connectivity index (χ2v) is 7.19. The van der Waals surface area contributed by atoms with Crippen LogP contribution in [0.15, 0.2) is 54.6 Å². The summed E-state index contributed by atoms with van der Waals surface area (Å²) in [6.45, 7) is 8.41. The lowest BCUT2D eigenvalue weighted by Crippen LogP contribution is -2.19. The van der Waals surface area contributed by atoms with Gasteiger partial charge in [-0.25, -0.2) is 4.98 Å². The van der Waals surface area contributed by atoms with Crippen LogP contribution in [0.1, 0.15) is 39.4 Å². The Bertz CT molecular complexity index is 784. The summed E-state index contributed by atoms with van der Waals surface area (Å²) in [7, 11) is 0. The number of aryl methyl sites for hydroxylation is 1. The summed E-state index contributed by atoms with van der Waals surface area (Å²) < 4.78 is 8.16. The quantitative estimate of drug-likeness (QED) is 0.584. The number of para-hydroxylation sites is 3. The van der Waals surface area contributed by atoms with Crippen LogP contribution in [-0.2, 0) is 12.0 Å². The Labute approximate surface area is 144 Å². The van der Waals surface area contributed by atoms with Crippen LogP contribution in [0.3, 0.4) is 0 Å². The summed E-state index contributed by atoms with van der Waals surface area (Å²) >= 11 is 0. The van der Waals surface area contributed by atoms with Crippen LogP contribution < -0.4 is 4.74 Å². The number of nitrogens with zero attached hydrogens (tertiary/aromatic N) is 2. The third-order valence-electron chi connectivity index (χ3n) is 4.11. The Hall–Kier alpha value is -2.29. The minimum atomic E-state index is 0.0412. The van der Waals surface area contributed by atoms with E-state index in [0.717, 1.165) is 43.1 Å². The maximum absolute atomic E-state index is 5.79. The molecule has 3 heteroatoms. The van der Waals surface area contributed by atoms with Crippen LogP contribution in [0, 0.1) is 0 Å². The van der Waals surface area contributed by atoms with E-state index in [2.05, 4.69) is 49.6 Å². The first-order valence-electron chi connectivity index (χ1n) is 8.69. The lowest BCUT2D eigenvalue weighted by Gasteiger charge is -2.20. The van der Waals surface area contributed by atoms with E-state index in [1.54, 1.807) is 0 Å². The fraction of sp³-hybridized carbons (Fsp3) is 0.381. The summed E-state index contributed by atoms with van der Waals surface area (Å²) in [5, 5.41) is 0. The summed E-state index contributed by atoms with van der Waals surface area (Å²) in [4.78, 5) is 4.86. The molecular weight excluding hydrogens is 296 g/mol. The number of benzene rings is 2. The van der Waals surface area contributed by atoms with Crippen molar-refractivity contribution in [2.75, 3.05) is 6.61 Å². The second kappa shape index (κ2) is 7.08. The molecule has 0 unspecified atom stereocenters. The Morgan fingerprint density at radius 3 is 2.38 bits per heavy atom. The third kappa shape index (κ3) is 3.78. The van der Waals surface area contributed by atoms with Gasteiger partial charge >= 0.3 is 0 Å². The first-order valence-corrected chi connectivity index (χ1v) is 8.69. The van der Waals surface area contributed by atoms with Crippen LogP contribution in [0.5, 0.6) is 5.75 Å². The van der Waals surface area contributed by atoms with E-state index in [-0.39, 0.29) is 5.41 Å². The van der Waals surface area contributed by atoms with Gasteiger partial charge < -0.3 is 9.30 Å². The molecule has 3 aromatic rings. The molecule has 1 aromatic heterocycles. The van der Waals surface area contributed by atoms with Gasteiger partial charge in [0, 0.05) is 12.0 Å². The number of imidazole rings is 1. The Morgan fingerprint density at radius 2 is 1.62 bits per heavy atom. The van der Waals surface area contributed by atoms with Gasteiger partial charge in [-0.05, 0) is 37.1 Å². The van der Waals surface area contributed by atoms with E-state index >= 15 is 0 Å². The normalized spacial score (nSPS) is 11.8. The highest BCUT2D eigenvalue weighted by molar-refractivity contribution is 5.76. The molecule has 3 rings (SSSR count). The molecule has 0 atom stereocenters. The maximum atomic E-state index is 5.79.